The van der Waals surface area contributed by atoms with Crippen LogP contribution >= 0.6 is 0 Å². The molecule has 0 aromatic heterocycles. The van der Waals surface area contributed by atoms with Gasteiger partial charge in [0.15, 0.2) is 0 Å². The van der Waals surface area contributed by atoms with Crippen LogP contribution in [0.15, 0.2) is 42.5 Å². The van der Waals surface area contributed by atoms with Crippen molar-refractivity contribution in [3.05, 3.63) is 59.2 Å². The zero-order valence-electron chi connectivity index (χ0n) is 12.5. The number of nitrogens with one attached hydrogen (secondary N) is 1. The van der Waals surface area contributed by atoms with Crippen molar-refractivity contribution in [1.29, 1.82) is 0 Å². The van der Waals surface area contributed by atoms with Gasteiger partial charge in [0.2, 0.25) is 10.0 Å². The first-order chi connectivity index (χ1) is 10.5. The second-order valence-corrected chi connectivity index (χ2v) is 7.46. The second-order valence-electron chi connectivity index (χ2n) is 5.63. The summed E-state index contributed by atoms with van der Waals surface area (Å²) in [6, 6.07) is 13.7. The van der Waals surface area contributed by atoms with Gasteiger partial charge in [0.1, 0.15) is 11.5 Å². The molecule has 0 radical (unpaired) electrons. The molecule has 0 atom stereocenters. The largest absolute Gasteiger partial charge is 0.457 e. The van der Waals surface area contributed by atoms with Gasteiger partial charge in [-0.25, -0.2) is 13.1 Å². The molecule has 0 fully saturated rings. The molecule has 0 saturated heterocycles. The van der Waals surface area contributed by atoms with Crippen LogP contribution in [0.5, 0.6) is 11.5 Å². The highest BCUT2D eigenvalue weighted by atomic mass is 32.2. The lowest BCUT2D eigenvalue weighted by molar-refractivity contribution is 0.481. The molecule has 5 heteroatoms. The summed E-state index contributed by atoms with van der Waals surface area (Å²) in [4.78, 5) is 0. The monoisotopic (exact) mass is 317 g/mol. The summed E-state index contributed by atoms with van der Waals surface area (Å²) in [5.41, 5.74) is 3.65. The highest BCUT2D eigenvalue weighted by Crippen LogP contribution is 2.29. The molecule has 0 bridgehead atoms. The topological polar surface area (TPSA) is 55.4 Å². The molecule has 2 aromatic carbocycles. The Kier molecular flexibility index (Phi) is 4.18. The van der Waals surface area contributed by atoms with E-state index in [2.05, 4.69) is 16.9 Å². The summed E-state index contributed by atoms with van der Waals surface area (Å²) >= 11 is 0. The molecule has 0 aliphatic heterocycles. The van der Waals surface area contributed by atoms with Gasteiger partial charge in [-0.05, 0) is 60.2 Å². The Morgan fingerprint density at radius 1 is 1.05 bits per heavy atom. The van der Waals surface area contributed by atoms with E-state index in [4.69, 9.17) is 4.74 Å². The summed E-state index contributed by atoms with van der Waals surface area (Å²) < 4.78 is 30.7. The minimum Gasteiger partial charge on any atom is -0.457 e. The summed E-state index contributed by atoms with van der Waals surface area (Å²) in [6.07, 6.45) is 4.64. The van der Waals surface area contributed by atoms with Crippen LogP contribution in [0.4, 0.5) is 0 Å². The van der Waals surface area contributed by atoms with E-state index in [1.54, 1.807) is 0 Å². The predicted octanol–water partition coefficient (Wildman–Crippen LogP) is 3.02. The predicted molar refractivity (Wildman–Crippen MR) is 86.7 cm³/mol. The summed E-state index contributed by atoms with van der Waals surface area (Å²) in [6.45, 7) is 0.264. The van der Waals surface area contributed by atoms with Gasteiger partial charge in [0.25, 0.3) is 0 Å². The van der Waals surface area contributed by atoms with E-state index < -0.39 is 10.0 Å². The van der Waals surface area contributed by atoms with Crippen molar-refractivity contribution < 1.29 is 13.2 Å². The number of fused-ring (bicyclic) bond motifs is 1. The van der Waals surface area contributed by atoms with Crippen molar-refractivity contribution in [1.82, 2.24) is 4.72 Å². The maximum Gasteiger partial charge on any atom is 0.209 e. The first kappa shape index (κ1) is 15.1. The Labute approximate surface area is 131 Å². The van der Waals surface area contributed by atoms with E-state index in [9.17, 15) is 8.42 Å². The van der Waals surface area contributed by atoms with Crippen molar-refractivity contribution in [2.45, 2.75) is 25.8 Å². The van der Waals surface area contributed by atoms with Crippen molar-refractivity contribution in [3.63, 3.8) is 0 Å². The normalized spacial score (nSPS) is 13.9. The molecule has 22 heavy (non-hydrogen) atoms. The molecular formula is C17H19NO3S. The van der Waals surface area contributed by atoms with E-state index in [1.165, 1.54) is 17.5 Å². The standard InChI is InChI=1S/C17H19NO3S/c1-22(19,20)18-12-13-4-2-7-16(10-13)21-17-9-8-14-5-3-6-15(14)11-17/h2,4,7-11,18H,3,5-6,12H2,1H3. The third-order valence-electron chi connectivity index (χ3n) is 3.74. The van der Waals surface area contributed by atoms with E-state index in [0.29, 0.717) is 5.75 Å². The van der Waals surface area contributed by atoms with Crippen LogP contribution in [0.1, 0.15) is 23.1 Å². The SMILES string of the molecule is CS(=O)(=O)NCc1cccc(Oc2ccc3c(c2)CCC3)c1. The zero-order valence-corrected chi connectivity index (χ0v) is 13.3. The summed E-state index contributed by atoms with van der Waals surface area (Å²) in [5, 5.41) is 0. The molecule has 0 heterocycles. The molecule has 1 aliphatic rings. The maximum atomic E-state index is 11.1. The number of sulfonamides is 1. The molecule has 0 unspecified atom stereocenters. The molecule has 3 rings (SSSR count). The zero-order chi connectivity index (χ0) is 15.6. The minimum atomic E-state index is -3.19. The number of benzene rings is 2. The van der Waals surface area contributed by atoms with E-state index in [0.717, 1.165) is 30.4 Å². The lowest BCUT2D eigenvalue weighted by atomic mass is 10.1. The number of ether oxygens (including phenoxy) is 1. The fourth-order valence-corrected chi connectivity index (χ4v) is 3.11. The van der Waals surface area contributed by atoms with Gasteiger partial charge in [0, 0.05) is 6.54 Å². The highest BCUT2D eigenvalue weighted by Gasteiger charge is 2.11. The van der Waals surface area contributed by atoms with Crippen molar-refractivity contribution >= 4 is 10.0 Å². The Balaban J connectivity index is 1.72. The number of rotatable bonds is 5. The van der Waals surface area contributed by atoms with Crippen molar-refractivity contribution in [3.8, 4) is 11.5 Å². The van der Waals surface area contributed by atoms with Gasteiger partial charge >= 0.3 is 0 Å². The number of hydrogen-bond donors (Lipinski definition) is 1. The van der Waals surface area contributed by atoms with Crippen LogP contribution < -0.4 is 9.46 Å². The van der Waals surface area contributed by atoms with Gasteiger partial charge < -0.3 is 4.74 Å². The Bertz CT molecular complexity index is 784. The van der Waals surface area contributed by atoms with Gasteiger partial charge in [-0.1, -0.05) is 18.2 Å². The lowest BCUT2D eigenvalue weighted by Gasteiger charge is -2.09. The van der Waals surface area contributed by atoms with Crippen LogP contribution in [-0.4, -0.2) is 14.7 Å². The van der Waals surface area contributed by atoms with E-state index in [-0.39, 0.29) is 6.54 Å². The minimum absolute atomic E-state index is 0.264. The molecule has 2 aromatic rings. The molecule has 1 N–H and O–H groups in total. The van der Waals surface area contributed by atoms with Crippen LogP contribution in [0.2, 0.25) is 0 Å². The molecule has 4 nitrogen and oxygen atoms in total. The number of aryl methyl sites for hydroxylation is 2. The second kappa shape index (κ2) is 6.10. The molecular weight excluding hydrogens is 298 g/mol. The number of hydrogen-bond acceptors (Lipinski definition) is 3. The smallest absolute Gasteiger partial charge is 0.209 e. The molecule has 116 valence electrons. The van der Waals surface area contributed by atoms with E-state index in [1.807, 2.05) is 30.3 Å². The molecule has 0 saturated carbocycles. The molecule has 0 spiro atoms. The summed E-state index contributed by atoms with van der Waals surface area (Å²) in [5.74, 6) is 1.54. The first-order valence-electron chi connectivity index (χ1n) is 7.33. The third kappa shape index (κ3) is 3.87. The lowest BCUT2D eigenvalue weighted by Crippen LogP contribution is -2.21. The first-order valence-corrected chi connectivity index (χ1v) is 9.22. The van der Waals surface area contributed by atoms with Crippen molar-refractivity contribution in [2.75, 3.05) is 6.26 Å². The Morgan fingerprint density at radius 3 is 2.64 bits per heavy atom. The van der Waals surface area contributed by atoms with Gasteiger partial charge in [-0.2, -0.15) is 0 Å². The highest BCUT2D eigenvalue weighted by molar-refractivity contribution is 7.88. The third-order valence-corrected chi connectivity index (χ3v) is 4.41. The average molecular weight is 317 g/mol. The van der Waals surface area contributed by atoms with Crippen LogP contribution in [0.3, 0.4) is 0 Å². The van der Waals surface area contributed by atoms with Gasteiger partial charge in [-0.15, -0.1) is 0 Å². The van der Waals surface area contributed by atoms with Crippen LogP contribution in [0, 0.1) is 0 Å². The van der Waals surface area contributed by atoms with Crippen LogP contribution in [0.25, 0.3) is 0 Å². The van der Waals surface area contributed by atoms with Gasteiger partial charge in [-0.3, -0.25) is 0 Å². The molecule has 0 amide bonds. The molecule has 1 aliphatic carbocycles. The fraction of sp³-hybridized carbons (Fsp3) is 0.294. The van der Waals surface area contributed by atoms with Gasteiger partial charge in [0.05, 0.1) is 6.26 Å². The van der Waals surface area contributed by atoms with Crippen LogP contribution in [-0.2, 0) is 29.4 Å². The Morgan fingerprint density at radius 2 is 1.82 bits per heavy atom. The average Bonchev–Trinajstić information content (AvgIpc) is 2.92. The summed E-state index contributed by atoms with van der Waals surface area (Å²) in [7, 11) is -3.19. The Hall–Kier alpha value is -1.85. The van der Waals surface area contributed by atoms with E-state index >= 15 is 0 Å². The fourth-order valence-electron chi connectivity index (χ4n) is 2.68. The van der Waals surface area contributed by atoms with Crippen molar-refractivity contribution in [2.24, 2.45) is 0 Å². The maximum absolute atomic E-state index is 11.1. The quantitative estimate of drug-likeness (QED) is 0.922.